The predicted octanol–water partition coefficient (Wildman–Crippen LogP) is 3.82. The molecule has 0 radical (unpaired) electrons. The van der Waals surface area contributed by atoms with E-state index in [0.717, 1.165) is 61.9 Å². The number of halogens is 2. The quantitative estimate of drug-likeness (QED) is 0.657. The predicted molar refractivity (Wildman–Crippen MR) is 121 cm³/mol. The van der Waals surface area contributed by atoms with Crippen LogP contribution in [0.2, 0.25) is 0 Å². The van der Waals surface area contributed by atoms with E-state index in [-0.39, 0.29) is 22.6 Å². The summed E-state index contributed by atoms with van der Waals surface area (Å²) in [5.41, 5.74) is 2.42. The average Bonchev–Trinajstić information content (AvgIpc) is 3.21. The lowest BCUT2D eigenvalue weighted by Gasteiger charge is -2.38. The van der Waals surface area contributed by atoms with Crippen molar-refractivity contribution >= 4 is 5.95 Å². The average molecular weight is 449 g/mol. The number of fused-ring (bicyclic) bond motifs is 5. The van der Waals surface area contributed by atoms with Gasteiger partial charge in [-0.05, 0) is 54.0 Å². The minimum atomic E-state index is -0.627. The maximum absolute atomic E-state index is 14.5. The number of aromatic nitrogens is 4. The topological polar surface area (TPSA) is 66.8 Å². The van der Waals surface area contributed by atoms with Gasteiger partial charge in [0.15, 0.2) is 0 Å². The van der Waals surface area contributed by atoms with Crippen molar-refractivity contribution in [3.63, 3.8) is 0 Å². The molecule has 1 aliphatic heterocycles. The normalized spacial score (nSPS) is 25.3. The van der Waals surface area contributed by atoms with E-state index < -0.39 is 17.0 Å². The summed E-state index contributed by atoms with van der Waals surface area (Å²) in [6.45, 7) is 8.07. The molecule has 3 heterocycles. The van der Waals surface area contributed by atoms with E-state index in [4.69, 9.17) is 4.98 Å². The highest BCUT2D eigenvalue weighted by atomic mass is 19.1. The number of rotatable bonds is 3. The van der Waals surface area contributed by atoms with Gasteiger partial charge in [0.2, 0.25) is 5.95 Å². The van der Waals surface area contributed by atoms with Crippen LogP contribution in [0.25, 0.3) is 11.3 Å². The third kappa shape index (κ3) is 2.79. The maximum Gasteiger partial charge on any atom is 0.225 e. The van der Waals surface area contributed by atoms with Gasteiger partial charge in [0.1, 0.15) is 11.6 Å². The van der Waals surface area contributed by atoms with Crippen molar-refractivity contribution in [3.8, 4) is 11.3 Å². The van der Waals surface area contributed by atoms with Crippen LogP contribution < -0.4 is 10.2 Å². The second kappa shape index (κ2) is 7.25. The molecule has 1 aromatic carbocycles. The second-order valence-corrected chi connectivity index (χ2v) is 9.83. The van der Waals surface area contributed by atoms with Crippen molar-refractivity contribution in [2.45, 2.75) is 38.0 Å². The lowest BCUT2D eigenvalue weighted by Crippen LogP contribution is -2.45. The largest absolute Gasteiger partial charge is 0.338 e. The van der Waals surface area contributed by atoms with E-state index in [1.807, 2.05) is 18.3 Å². The number of nitrogens with zero attached hydrogens (tertiary/aromatic N) is 5. The van der Waals surface area contributed by atoms with E-state index in [1.165, 1.54) is 18.2 Å². The van der Waals surface area contributed by atoms with Gasteiger partial charge in [0.25, 0.3) is 0 Å². The van der Waals surface area contributed by atoms with Gasteiger partial charge >= 0.3 is 0 Å². The van der Waals surface area contributed by atoms with Crippen molar-refractivity contribution in [1.29, 1.82) is 0 Å². The number of benzene rings is 1. The van der Waals surface area contributed by atoms with Gasteiger partial charge in [-0.2, -0.15) is 5.10 Å². The molecule has 33 heavy (non-hydrogen) atoms. The molecular formula is C25H26F2N6. The third-order valence-electron chi connectivity index (χ3n) is 8.08. The number of anilines is 1. The fraction of sp³-hybridized carbons (Fsp3) is 0.440. The van der Waals surface area contributed by atoms with Gasteiger partial charge < -0.3 is 10.2 Å². The van der Waals surface area contributed by atoms with E-state index in [9.17, 15) is 8.78 Å². The fourth-order valence-electron chi connectivity index (χ4n) is 6.36. The molecule has 6 rings (SSSR count). The van der Waals surface area contributed by atoms with Gasteiger partial charge in [0, 0.05) is 32.4 Å². The molecule has 3 aromatic rings. The second-order valence-electron chi connectivity index (χ2n) is 9.83. The Morgan fingerprint density at radius 2 is 1.82 bits per heavy atom. The molecule has 1 saturated carbocycles. The van der Waals surface area contributed by atoms with Crippen LogP contribution in [0.15, 0.2) is 36.5 Å². The smallest absolute Gasteiger partial charge is 0.225 e. The Labute approximate surface area is 191 Å². The summed E-state index contributed by atoms with van der Waals surface area (Å²) >= 11 is 0. The van der Waals surface area contributed by atoms with Crippen LogP contribution in [-0.2, 0) is 5.41 Å². The first kappa shape index (κ1) is 20.6. The minimum absolute atomic E-state index is 0.120. The lowest BCUT2D eigenvalue weighted by molar-refractivity contribution is 0.242. The Kier molecular flexibility index (Phi) is 4.52. The number of hydrogen-bond donors (Lipinski definition) is 1. The van der Waals surface area contributed by atoms with Crippen molar-refractivity contribution in [3.05, 3.63) is 65.1 Å². The summed E-state index contributed by atoms with van der Waals surface area (Å²) in [7, 11) is 0. The Hall–Kier alpha value is -3.00. The molecule has 8 heteroatoms. The number of nitrogens with one attached hydrogen (secondary N) is 1. The molecule has 0 amide bonds. The molecule has 1 saturated heterocycles. The summed E-state index contributed by atoms with van der Waals surface area (Å²) < 4.78 is 28.9. The van der Waals surface area contributed by atoms with Crippen LogP contribution in [-0.4, -0.2) is 46.3 Å². The van der Waals surface area contributed by atoms with E-state index >= 15 is 0 Å². The zero-order chi connectivity index (χ0) is 22.8. The highest BCUT2D eigenvalue weighted by Crippen LogP contribution is 2.69. The van der Waals surface area contributed by atoms with Crippen LogP contribution >= 0.6 is 0 Å². The zero-order valence-corrected chi connectivity index (χ0v) is 18.8. The Bertz CT molecular complexity index is 1220. The first-order valence-electron chi connectivity index (χ1n) is 11.5. The molecule has 2 aliphatic carbocycles. The molecule has 2 bridgehead atoms. The lowest BCUT2D eigenvalue weighted by atomic mass is 9.66. The summed E-state index contributed by atoms with van der Waals surface area (Å²) in [6.07, 6.45) is 3.72. The minimum Gasteiger partial charge on any atom is -0.338 e. The summed E-state index contributed by atoms with van der Waals surface area (Å²) in [5, 5.41) is 12.3. The summed E-state index contributed by atoms with van der Waals surface area (Å²) in [6, 6.07) is 7.71. The molecule has 0 spiro atoms. The van der Waals surface area contributed by atoms with Crippen molar-refractivity contribution in [2.75, 3.05) is 31.1 Å². The first-order valence-corrected chi connectivity index (χ1v) is 11.5. The van der Waals surface area contributed by atoms with Crippen LogP contribution in [0.1, 0.15) is 49.6 Å². The number of piperazine rings is 1. The molecule has 2 atom stereocenters. The maximum atomic E-state index is 14.5. The van der Waals surface area contributed by atoms with Crippen molar-refractivity contribution in [2.24, 2.45) is 5.41 Å². The van der Waals surface area contributed by atoms with E-state index in [1.54, 1.807) is 0 Å². The monoisotopic (exact) mass is 448 g/mol. The van der Waals surface area contributed by atoms with Gasteiger partial charge in [-0.25, -0.2) is 18.7 Å². The first-order chi connectivity index (χ1) is 15.9. The number of hydrogen-bond acceptors (Lipinski definition) is 6. The SMILES string of the molecule is CC1(C)[C@H]2CC[C@@]1(c1ccnc(N3CCNCC3)n1)c1nnc(-c3c(F)cccc3F)cc12. The van der Waals surface area contributed by atoms with Gasteiger partial charge in [-0.3, -0.25) is 0 Å². The van der Waals surface area contributed by atoms with Crippen molar-refractivity contribution in [1.82, 2.24) is 25.5 Å². The molecule has 2 fully saturated rings. The van der Waals surface area contributed by atoms with Crippen LogP contribution in [0, 0.1) is 17.0 Å². The van der Waals surface area contributed by atoms with Gasteiger partial charge in [0.05, 0.1) is 28.1 Å². The summed E-state index contributed by atoms with van der Waals surface area (Å²) in [5.74, 6) is -0.293. The Morgan fingerprint density at radius 3 is 2.58 bits per heavy atom. The highest BCUT2D eigenvalue weighted by Gasteiger charge is 2.65. The van der Waals surface area contributed by atoms with Crippen LogP contribution in [0.3, 0.4) is 0 Å². The zero-order valence-electron chi connectivity index (χ0n) is 18.8. The molecule has 2 aromatic heterocycles. The molecule has 6 nitrogen and oxygen atoms in total. The molecule has 0 unspecified atom stereocenters. The van der Waals surface area contributed by atoms with Crippen molar-refractivity contribution < 1.29 is 8.78 Å². The Morgan fingerprint density at radius 1 is 1.06 bits per heavy atom. The van der Waals surface area contributed by atoms with E-state index in [2.05, 4.69) is 39.2 Å². The highest BCUT2D eigenvalue weighted by molar-refractivity contribution is 5.64. The molecule has 170 valence electrons. The summed E-state index contributed by atoms with van der Waals surface area (Å²) in [4.78, 5) is 11.8. The Balaban J connectivity index is 1.48. The van der Waals surface area contributed by atoms with Crippen LogP contribution in [0.4, 0.5) is 14.7 Å². The van der Waals surface area contributed by atoms with Crippen LogP contribution in [0.5, 0.6) is 0 Å². The molecule has 3 aliphatic rings. The molecule has 1 N–H and O–H groups in total. The third-order valence-corrected chi connectivity index (χ3v) is 8.08. The fourth-order valence-corrected chi connectivity index (χ4v) is 6.36. The van der Waals surface area contributed by atoms with E-state index in [0.29, 0.717) is 0 Å². The molecular weight excluding hydrogens is 422 g/mol. The van der Waals surface area contributed by atoms with Gasteiger partial charge in [-0.1, -0.05) is 19.9 Å². The van der Waals surface area contributed by atoms with Gasteiger partial charge in [-0.15, -0.1) is 5.10 Å². The standard InChI is InChI=1S/C25H26F2N6/c1-24(2)16-6-8-25(24,20-7-9-29-23(30-20)33-12-10-28-11-13-33)22-15(16)14-19(31-32-22)21-17(26)4-3-5-18(21)27/h3-5,7,9,14,16,28H,6,8,10-13H2,1-2H3/t16-,25+/m0/s1.